The van der Waals surface area contributed by atoms with E-state index in [4.69, 9.17) is 9.57 Å². The van der Waals surface area contributed by atoms with Gasteiger partial charge in [0.1, 0.15) is 12.3 Å². The van der Waals surface area contributed by atoms with Gasteiger partial charge in [0.2, 0.25) is 0 Å². The van der Waals surface area contributed by atoms with Crippen molar-refractivity contribution in [1.82, 2.24) is 5.32 Å². The quantitative estimate of drug-likeness (QED) is 0.616. The number of alkyl carbamates (subject to hydrolysis) is 1. The summed E-state index contributed by atoms with van der Waals surface area (Å²) in [5.41, 5.74) is 5.06. The Kier molecular flexibility index (Phi) is 4.73. The van der Waals surface area contributed by atoms with Gasteiger partial charge in [-0.05, 0) is 36.3 Å². The molecule has 5 nitrogen and oxygen atoms in total. The van der Waals surface area contributed by atoms with E-state index >= 15 is 0 Å². The molecule has 2 atom stereocenters. The molecular weight excluding hydrogens is 376 g/mol. The fraction of sp³-hybridized carbons (Fsp3) is 0.160. The molecule has 30 heavy (non-hydrogen) atoms. The Morgan fingerprint density at radius 1 is 0.867 bits per heavy atom. The normalized spacial score (nSPS) is 19.8. The lowest BCUT2D eigenvalue weighted by Gasteiger charge is -2.35. The Morgan fingerprint density at radius 2 is 1.47 bits per heavy atom. The van der Waals surface area contributed by atoms with Gasteiger partial charge in [0.15, 0.2) is 6.10 Å². The number of hydrogen-bond acceptors (Lipinski definition) is 4. The lowest BCUT2D eigenvalue weighted by atomic mass is 10.1. The zero-order valence-electron chi connectivity index (χ0n) is 16.6. The number of carbonyl (C=O) groups excluding carboxylic acids is 1. The minimum Gasteiger partial charge on any atom is -0.436 e. The zero-order chi connectivity index (χ0) is 20.5. The van der Waals surface area contributed by atoms with Crippen molar-refractivity contribution in [2.24, 2.45) is 0 Å². The molecule has 0 saturated heterocycles. The lowest BCUT2D eigenvalue weighted by molar-refractivity contribution is 0.0415. The van der Waals surface area contributed by atoms with Crippen LogP contribution in [0.1, 0.15) is 24.2 Å². The van der Waals surface area contributed by atoms with Gasteiger partial charge < -0.3 is 4.74 Å². The number of rotatable bonds is 3. The van der Waals surface area contributed by atoms with Gasteiger partial charge >= 0.3 is 6.09 Å². The third-order valence-corrected chi connectivity index (χ3v) is 5.37. The van der Waals surface area contributed by atoms with Crippen LogP contribution in [0.4, 0.5) is 10.5 Å². The molecular formula is C25H22N2O3. The number of anilines is 1. The van der Waals surface area contributed by atoms with E-state index in [0.717, 1.165) is 27.9 Å². The van der Waals surface area contributed by atoms with Crippen LogP contribution in [0.3, 0.4) is 0 Å². The molecule has 1 N–H and O–H groups in total. The number of amides is 1. The molecule has 5 rings (SSSR count). The largest absolute Gasteiger partial charge is 0.436 e. The van der Waals surface area contributed by atoms with Crippen molar-refractivity contribution in [2.45, 2.75) is 25.3 Å². The highest BCUT2D eigenvalue weighted by Crippen LogP contribution is 2.45. The fourth-order valence-electron chi connectivity index (χ4n) is 4.02. The molecule has 0 radical (unpaired) electrons. The number of carbonyl (C=O) groups is 1. The molecule has 0 aromatic heterocycles. The van der Waals surface area contributed by atoms with Crippen LogP contribution in [0.15, 0.2) is 91.0 Å². The molecule has 1 amide bonds. The standard InChI is InChI=1S/C25H22N2O3/c1-17-15-16-23(27(30-17)18-9-3-2-4-10-18)26-25(28)29-24-21-13-7-5-11-19(21)20-12-6-8-14-22(20)24/h2-17,23-24H,1H3,(H,26,28). The third-order valence-electron chi connectivity index (χ3n) is 5.37. The number of nitrogens with zero attached hydrogens (tertiary/aromatic N) is 1. The van der Waals surface area contributed by atoms with Crippen LogP contribution < -0.4 is 10.4 Å². The van der Waals surface area contributed by atoms with Crippen molar-refractivity contribution in [3.05, 3.63) is 102 Å². The Bertz CT molecular complexity index is 1050. The zero-order valence-corrected chi connectivity index (χ0v) is 16.6. The first-order chi connectivity index (χ1) is 14.7. The number of nitrogens with one attached hydrogen (secondary N) is 1. The summed E-state index contributed by atoms with van der Waals surface area (Å²) in [6, 6.07) is 25.8. The smallest absolute Gasteiger partial charge is 0.410 e. The van der Waals surface area contributed by atoms with Gasteiger partial charge in [-0.15, -0.1) is 0 Å². The average Bonchev–Trinajstić information content (AvgIpc) is 3.09. The van der Waals surface area contributed by atoms with Gasteiger partial charge in [-0.25, -0.2) is 9.86 Å². The Morgan fingerprint density at radius 3 is 2.13 bits per heavy atom. The van der Waals surface area contributed by atoms with E-state index in [2.05, 4.69) is 17.4 Å². The minimum absolute atomic E-state index is 0.0899. The molecule has 0 fully saturated rings. The Labute approximate surface area is 175 Å². The van der Waals surface area contributed by atoms with Gasteiger partial charge in [0, 0.05) is 11.1 Å². The van der Waals surface area contributed by atoms with E-state index in [9.17, 15) is 4.79 Å². The fourth-order valence-corrected chi connectivity index (χ4v) is 4.02. The van der Waals surface area contributed by atoms with Crippen LogP contribution in [0.25, 0.3) is 11.1 Å². The van der Waals surface area contributed by atoms with Crippen LogP contribution in [0.2, 0.25) is 0 Å². The highest BCUT2D eigenvalue weighted by Gasteiger charge is 2.32. The summed E-state index contributed by atoms with van der Waals surface area (Å²) in [5, 5.41) is 4.63. The van der Waals surface area contributed by atoms with E-state index in [1.807, 2.05) is 85.8 Å². The summed E-state index contributed by atoms with van der Waals surface area (Å²) in [7, 11) is 0. The molecule has 3 aromatic carbocycles. The van der Waals surface area contributed by atoms with Crippen molar-refractivity contribution in [3.8, 4) is 11.1 Å². The van der Waals surface area contributed by atoms with E-state index in [0.29, 0.717) is 0 Å². The first-order valence-electron chi connectivity index (χ1n) is 10.1. The maximum atomic E-state index is 12.9. The van der Waals surface area contributed by atoms with Crippen molar-refractivity contribution in [2.75, 3.05) is 5.06 Å². The highest BCUT2D eigenvalue weighted by atomic mass is 16.7. The Hall–Kier alpha value is -3.57. The molecule has 1 aliphatic heterocycles. The van der Waals surface area contributed by atoms with Crippen molar-refractivity contribution in [1.29, 1.82) is 0 Å². The number of benzene rings is 3. The summed E-state index contributed by atoms with van der Waals surface area (Å²) in [6.45, 7) is 1.95. The lowest BCUT2D eigenvalue weighted by Crippen LogP contribution is -2.50. The van der Waals surface area contributed by atoms with Crippen LogP contribution >= 0.6 is 0 Å². The maximum Gasteiger partial charge on any atom is 0.410 e. The maximum absolute atomic E-state index is 12.9. The van der Waals surface area contributed by atoms with Crippen molar-refractivity contribution >= 4 is 11.8 Å². The molecule has 1 heterocycles. The predicted molar refractivity (Wildman–Crippen MR) is 116 cm³/mol. The molecule has 150 valence electrons. The monoisotopic (exact) mass is 398 g/mol. The van der Waals surface area contributed by atoms with E-state index in [1.165, 1.54) is 0 Å². The van der Waals surface area contributed by atoms with Crippen LogP contribution in [0.5, 0.6) is 0 Å². The second kappa shape index (κ2) is 7.69. The second-order valence-corrected chi connectivity index (χ2v) is 7.41. The molecule has 1 aliphatic carbocycles. The number of para-hydroxylation sites is 1. The summed E-state index contributed by atoms with van der Waals surface area (Å²) in [6.07, 6.45) is 2.34. The van der Waals surface area contributed by atoms with Crippen LogP contribution in [-0.4, -0.2) is 18.4 Å². The summed E-state index contributed by atoms with van der Waals surface area (Å²) < 4.78 is 5.91. The van der Waals surface area contributed by atoms with Crippen molar-refractivity contribution < 1.29 is 14.4 Å². The van der Waals surface area contributed by atoms with Gasteiger partial charge in [0.05, 0.1) is 5.69 Å². The first-order valence-corrected chi connectivity index (χ1v) is 10.1. The topological polar surface area (TPSA) is 50.8 Å². The van der Waals surface area contributed by atoms with E-state index in [-0.39, 0.29) is 6.10 Å². The molecule has 2 unspecified atom stereocenters. The van der Waals surface area contributed by atoms with Gasteiger partial charge in [-0.2, -0.15) is 0 Å². The van der Waals surface area contributed by atoms with Gasteiger partial charge in [-0.3, -0.25) is 10.2 Å². The minimum atomic E-state index is -0.500. The van der Waals surface area contributed by atoms with Crippen molar-refractivity contribution in [3.63, 3.8) is 0 Å². The second-order valence-electron chi connectivity index (χ2n) is 7.41. The summed E-state index contributed by atoms with van der Waals surface area (Å²) >= 11 is 0. The SMILES string of the molecule is CC1C=CC(NC(=O)OC2c3ccccc3-c3ccccc32)N(c2ccccc2)O1. The molecule has 5 heteroatoms. The number of hydrogen-bond donors (Lipinski definition) is 1. The molecule has 3 aromatic rings. The van der Waals surface area contributed by atoms with E-state index < -0.39 is 18.4 Å². The number of ether oxygens (including phenoxy) is 1. The summed E-state index contributed by atoms with van der Waals surface area (Å²) in [4.78, 5) is 18.8. The molecule has 0 spiro atoms. The average molecular weight is 398 g/mol. The van der Waals surface area contributed by atoms with Crippen LogP contribution in [0, 0.1) is 0 Å². The van der Waals surface area contributed by atoms with Gasteiger partial charge in [-0.1, -0.05) is 72.8 Å². The molecule has 2 aliphatic rings. The number of hydroxylamine groups is 1. The van der Waals surface area contributed by atoms with Gasteiger partial charge in [0.25, 0.3) is 0 Å². The predicted octanol–water partition coefficient (Wildman–Crippen LogP) is 5.21. The third kappa shape index (κ3) is 3.33. The van der Waals surface area contributed by atoms with Crippen LogP contribution in [-0.2, 0) is 9.57 Å². The highest BCUT2D eigenvalue weighted by molar-refractivity contribution is 5.80. The Balaban J connectivity index is 1.38. The number of fused-ring (bicyclic) bond motifs is 3. The first kappa shape index (κ1) is 18.5. The molecule has 0 saturated carbocycles. The van der Waals surface area contributed by atoms with E-state index in [1.54, 1.807) is 5.06 Å². The molecule has 0 bridgehead atoms. The summed E-state index contributed by atoms with van der Waals surface area (Å²) in [5.74, 6) is 0.